The highest BCUT2D eigenvalue weighted by Gasteiger charge is 2.30. The third kappa shape index (κ3) is 3.99. The van der Waals surface area contributed by atoms with E-state index in [2.05, 4.69) is 0 Å². The Kier molecular flexibility index (Phi) is 5.05. The summed E-state index contributed by atoms with van der Waals surface area (Å²) in [5.41, 5.74) is 5.41. The molecule has 2 unspecified atom stereocenters. The number of benzene rings is 2. The quantitative estimate of drug-likeness (QED) is 0.892. The smallest absolute Gasteiger partial charge is 0.416 e. The van der Waals surface area contributed by atoms with Crippen LogP contribution in [0.1, 0.15) is 17.2 Å². The molecule has 22 heavy (non-hydrogen) atoms. The van der Waals surface area contributed by atoms with Gasteiger partial charge in [-0.1, -0.05) is 30.3 Å². The zero-order valence-electron chi connectivity index (χ0n) is 11.6. The summed E-state index contributed by atoms with van der Waals surface area (Å²) in [5.74, 6) is 0.231. The zero-order valence-corrected chi connectivity index (χ0v) is 11.6. The molecular formula is C16H16F3NO2. The van der Waals surface area contributed by atoms with Gasteiger partial charge in [0, 0.05) is 6.54 Å². The summed E-state index contributed by atoms with van der Waals surface area (Å²) >= 11 is 0. The molecule has 0 saturated carbocycles. The number of halogens is 3. The summed E-state index contributed by atoms with van der Waals surface area (Å²) in [7, 11) is 0. The van der Waals surface area contributed by atoms with E-state index in [1.165, 1.54) is 12.1 Å². The third-order valence-corrected chi connectivity index (χ3v) is 3.16. The number of hydrogen-bond donors (Lipinski definition) is 2. The molecule has 3 N–H and O–H groups in total. The van der Waals surface area contributed by atoms with E-state index in [1.54, 1.807) is 24.3 Å². The van der Waals surface area contributed by atoms with Crippen molar-refractivity contribution >= 4 is 0 Å². The highest BCUT2D eigenvalue weighted by Crippen LogP contribution is 2.31. The lowest BCUT2D eigenvalue weighted by atomic mass is 10.0. The molecule has 2 atom stereocenters. The van der Waals surface area contributed by atoms with Gasteiger partial charge in [-0.2, -0.15) is 13.2 Å². The van der Waals surface area contributed by atoms with Gasteiger partial charge in [-0.3, -0.25) is 0 Å². The van der Waals surface area contributed by atoms with E-state index >= 15 is 0 Å². The van der Waals surface area contributed by atoms with Crippen molar-refractivity contribution in [2.75, 3.05) is 6.54 Å². The molecule has 0 radical (unpaired) electrons. The minimum Gasteiger partial charge on any atom is -0.483 e. The van der Waals surface area contributed by atoms with Gasteiger partial charge in [0.25, 0.3) is 0 Å². The average Bonchev–Trinajstić information content (AvgIpc) is 2.52. The molecule has 2 rings (SSSR count). The second-order valence-electron chi connectivity index (χ2n) is 4.77. The number of hydrogen-bond acceptors (Lipinski definition) is 3. The Morgan fingerprint density at radius 2 is 1.59 bits per heavy atom. The number of alkyl halides is 3. The van der Waals surface area contributed by atoms with Crippen molar-refractivity contribution in [2.24, 2.45) is 5.73 Å². The number of rotatable bonds is 5. The monoisotopic (exact) mass is 311 g/mol. The van der Waals surface area contributed by atoms with Crippen LogP contribution in [0.3, 0.4) is 0 Å². The van der Waals surface area contributed by atoms with Crippen LogP contribution in [-0.4, -0.2) is 17.8 Å². The first-order chi connectivity index (χ1) is 10.4. The van der Waals surface area contributed by atoms with Gasteiger partial charge in [-0.25, -0.2) is 0 Å². The summed E-state index contributed by atoms with van der Waals surface area (Å²) in [6.45, 7) is -0.0276. The Hall–Kier alpha value is -2.05. The van der Waals surface area contributed by atoms with Gasteiger partial charge >= 0.3 is 6.18 Å². The second-order valence-corrected chi connectivity index (χ2v) is 4.77. The van der Waals surface area contributed by atoms with Crippen LogP contribution in [0.2, 0.25) is 0 Å². The molecule has 118 valence electrons. The van der Waals surface area contributed by atoms with E-state index in [0.717, 1.165) is 12.1 Å². The Bertz CT molecular complexity index is 585. The lowest BCUT2D eigenvalue weighted by molar-refractivity contribution is -0.137. The van der Waals surface area contributed by atoms with Crippen molar-refractivity contribution < 1.29 is 23.0 Å². The molecule has 0 aromatic heterocycles. The fourth-order valence-electron chi connectivity index (χ4n) is 2.00. The van der Waals surface area contributed by atoms with Gasteiger partial charge in [0.15, 0.2) is 6.10 Å². The van der Waals surface area contributed by atoms with Gasteiger partial charge < -0.3 is 15.6 Å². The van der Waals surface area contributed by atoms with Gasteiger partial charge in [0.05, 0.1) is 5.56 Å². The molecule has 0 bridgehead atoms. The molecule has 2 aromatic rings. The Balaban J connectivity index is 2.21. The van der Waals surface area contributed by atoms with Crippen molar-refractivity contribution in [2.45, 2.75) is 18.4 Å². The fourth-order valence-corrected chi connectivity index (χ4v) is 2.00. The maximum Gasteiger partial charge on any atom is 0.416 e. The first-order valence-electron chi connectivity index (χ1n) is 6.69. The van der Waals surface area contributed by atoms with Crippen molar-refractivity contribution in [3.8, 4) is 5.75 Å². The van der Waals surface area contributed by atoms with Gasteiger partial charge in [0.2, 0.25) is 0 Å². The predicted octanol–water partition coefficient (Wildman–Crippen LogP) is 3.15. The molecular weight excluding hydrogens is 295 g/mol. The molecule has 0 heterocycles. The second kappa shape index (κ2) is 6.81. The highest BCUT2D eigenvalue weighted by atomic mass is 19.4. The van der Waals surface area contributed by atoms with Crippen LogP contribution < -0.4 is 10.5 Å². The number of aliphatic hydroxyl groups excluding tert-OH is 1. The van der Waals surface area contributed by atoms with Crippen LogP contribution >= 0.6 is 0 Å². The van der Waals surface area contributed by atoms with E-state index < -0.39 is 23.9 Å². The van der Waals surface area contributed by atoms with Gasteiger partial charge in [-0.05, 0) is 29.8 Å². The van der Waals surface area contributed by atoms with E-state index in [0.29, 0.717) is 5.56 Å². The molecule has 0 fully saturated rings. The topological polar surface area (TPSA) is 55.5 Å². The predicted molar refractivity (Wildman–Crippen MR) is 76.3 cm³/mol. The van der Waals surface area contributed by atoms with Crippen LogP contribution in [0.25, 0.3) is 0 Å². The largest absolute Gasteiger partial charge is 0.483 e. The molecule has 0 spiro atoms. The maximum absolute atomic E-state index is 12.5. The molecule has 0 amide bonds. The van der Waals surface area contributed by atoms with Crippen LogP contribution in [0, 0.1) is 0 Å². The Morgan fingerprint density at radius 3 is 2.09 bits per heavy atom. The Morgan fingerprint density at radius 1 is 1.00 bits per heavy atom. The summed E-state index contributed by atoms with van der Waals surface area (Å²) in [5, 5.41) is 9.99. The van der Waals surface area contributed by atoms with Crippen LogP contribution in [-0.2, 0) is 6.18 Å². The third-order valence-electron chi connectivity index (χ3n) is 3.16. The van der Waals surface area contributed by atoms with E-state index in [4.69, 9.17) is 10.5 Å². The molecule has 0 aliphatic heterocycles. The summed E-state index contributed by atoms with van der Waals surface area (Å²) < 4.78 is 43.2. The number of aliphatic hydroxyl groups is 1. The van der Waals surface area contributed by atoms with E-state index in [-0.39, 0.29) is 12.3 Å². The SMILES string of the molecule is NCC(O)C(Oc1ccc(C(F)(F)F)cc1)c1ccccc1. The summed E-state index contributed by atoms with van der Waals surface area (Å²) in [6, 6.07) is 13.2. The standard InChI is InChI=1S/C16H16F3NO2/c17-16(18,19)12-6-8-13(9-7-12)22-15(14(21)10-20)11-4-2-1-3-5-11/h1-9,14-15,21H,10,20H2. The lowest BCUT2D eigenvalue weighted by Gasteiger charge is -2.24. The van der Waals surface area contributed by atoms with E-state index in [1.807, 2.05) is 6.07 Å². The van der Waals surface area contributed by atoms with Crippen LogP contribution in [0.5, 0.6) is 5.75 Å². The fraction of sp³-hybridized carbons (Fsp3) is 0.250. The van der Waals surface area contributed by atoms with Crippen LogP contribution in [0.15, 0.2) is 54.6 Å². The highest BCUT2D eigenvalue weighted by molar-refractivity contribution is 5.30. The molecule has 0 aliphatic rings. The first-order valence-corrected chi connectivity index (χ1v) is 6.69. The molecule has 0 aliphatic carbocycles. The van der Waals surface area contributed by atoms with Crippen molar-refractivity contribution in [1.82, 2.24) is 0 Å². The van der Waals surface area contributed by atoms with Crippen LogP contribution in [0.4, 0.5) is 13.2 Å². The molecule has 6 heteroatoms. The average molecular weight is 311 g/mol. The van der Waals surface area contributed by atoms with Crippen molar-refractivity contribution in [3.05, 3.63) is 65.7 Å². The minimum atomic E-state index is -4.39. The van der Waals surface area contributed by atoms with Gasteiger partial charge in [-0.15, -0.1) is 0 Å². The Labute approximate surface area is 126 Å². The molecule has 3 nitrogen and oxygen atoms in total. The minimum absolute atomic E-state index is 0.0276. The maximum atomic E-state index is 12.5. The summed E-state index contributed by atoms with van der Waals surface area (Å²) in [6.07, 6.45) is -6.11. The van der Waals surface area contributed by atoms with E-state index in [9.17, 15) is 18.3 Å². The number of nitrogens with two attached hydrogens (primary N) is 1. The normalized spacial score (nSPS) is 14.4. The summed E-state index contributed by atoms with van der Waals surface area (Å²) in [4.78, 5) is 0. The van der Waals surface area contributed by atoms with Crippen molar-refractivity contribution in [3.63, 3.8) is 0 Å². The number of ether oxygens (including phenoxy) is 1. The van der Waals surface area contributed by atoms with Gasteiger partial charge in [0.1, 0.15) is 11.9 Å². The van der Waals surface area contributed by atoms with Crippen molar-refractivity contribution in [1.29, 1.82) is 0 Å². The molecule has 0 saturated heterocycles. The first kappa shape index (κ1) is 16.3. The molecule has 2 aromatic carbocycles. The lowest BCUT2D eigenvalue weighted by Crippen LogP contribution is -2.30. The zero-order chi connectivity index (χ0) is 16.2.